The number of hydrogen-bond acceptors (Lipinski definition) is 7. The summed E-state index contributed by atoms with van der Waals surface area (Å²) in [5.41, 5.74) is 4.43. The monoisotopic (exact) mass is 485 g/mol. The number of rotatable bonds is 7. The van der Waals surface area contributed by atoms with Crippen molar-refractivity contribution in [3.8, 4) is 34.7 Å². The molecule has 36 heavy (non-hydrogen) atoms. The highest BCUT2D eigenvalue weighted by Gasteiger charge is 2.26. The number of hydrogen-bond donors (Lipinski definition) is 1. The zero-order valence-electron chi connectivity index (χ0n) is 20.8. The molecule has 0 unspecified atom stereocenters. The summed E-state index contributed by atoms with van der Waals surface area (Å²) in [7, 11) is 0. The molecule has 2 aromatic carbocycles. The second-order valence-corrected chi connectivity index (χ2v) is 9.70. The fraction of sp³-hybridized carbons (Fsp3) is 0.429. The van der Waals surface area contributed by atoms with Gasteiger partial charge >= 0.3 is 0 Å². The largest absolute Gasteiger partial charge is 0.490 e. The Labute approximate surface area is 211 Å². The number of nitrogens with zero attached hydrogens (tertiary/aromatic N) is 4. The van der Waals surface area contributed by atoms with E-state index in [0.29, 0.717) is 35.1 Å². The summed E-state index contributed by atoms with van der Waals surface area (Å²) in [6, 6.07) is 13.8. The molecule has 8 nitrogen and oxygen atoms in total. The SMILES string of the molecule is CC(C)Oc1ccc(-c2nc(-c3cccc4c3CCC[C@@H]4NCC(=O)N3CCCC3)no2)cc1C#N. The highest BCUT2D eigenvalue weighted by atomic mass is 16.5. The lowest BCUT2D eigenvalue weighted by atomic mass is 9.84. The minimum Gasteiger partial charge on any atom is -0.490 e. The number of nitriles is 1. The molecule has 1 aromatic heterocycles. The van der Waals surface area contributed by atoms with Gasteiger partial charge < -0.3 is 19.5 Å². The van der Waals surface area contributed by atoms with Crippen LogP contribution in [0.5, 0.6) is 5.75 Å². The number of benzene rings is 2. The molecule has 5 rings (SSSR count). The summed E-state index contributed by atoms with van der Waals surface area (Å²) in [4.78, 5) is 19.2. The predicted molar refractivity (Wildman–Crippen MR) is 135 cm³/mol. The van der Waals surface area contributed by atoms with Crippen LogP contribution in [0.2, 0.25) is 0 Å². The Kier molecular flexibility index (Phi) is 7.01. The third kappa shape index (κ3) is 4.98. The summed E-state index contributed by atoms with van der Waals surface area (Å²) in [5.74, 6) is 1.60. The summed E-state index contributed by atoms with van der Waals surface area (Å²) in [5, 5.41) is 17.3. The van der Waals surface area contributed by atoms with Gasteiger partial charge in [-0.2, -0.15) is 10.2 Å². The van der Waals surface area contributed by atoms with E-state index in [2.05, 4.69) is 27.6 Å². The third-order valence-corrected chi connectivity index (χ3v) is 6.84. The minimum atomic E-state index is -0.0288. The lowest BCUT2D eigenvalue weighted by Gasteiger charge is -2.28. The predicted octanol–water partition coefficient (Wildman–Crippen LogP) is 4.65. The Hall–Kier alpha value is -3.70. The number of fused-ring (bicyclic) bond motifs is 1. The van der Waals surface area contributed by atoms with Crippen molar-refractivity contribution in [2.75, 3.05) is 19.6 Å². The van der Waals surface area contributed by atoms with E-state index >= 15 is 0 Å². The molecule has 0 bridgehead atoms. The van der Waals surface area contributed by atoms with Crippen molar-refractivity contribution in [2.24, 2.45) is 0 Å². The third-order valence-electron chi connectivity index (χ3n) is 6.84. The van der Waals surface area contributed by atoms with E-state index < -0.39 is 0 Å². The molecule has 1 saturated heterocycles. The van der Waals surface area contributed by atoms with Gasteiger partial charge in [0, 0.05) is 30.3 Å². The molecule has 2 aliphatic rings. The van der Waals surface area contributed by atoms with Gasteiger partial charge in [-0.3, -0.25) is 4.79 Å². The van der Waals surface area contributed by atoms with E-state index in [4.69, 9.17) is 9.26 Å². The first-order chi connectivity index (χ1) is 17.5. The van der Waals surface area contributed by atoms with Gasteiger partial charge in [-0.15, -0.1) is 0 Å². The number of amides is 1. The van der Waals surface area contributed by atoms with Crippen LogP contribution in [-0.2, 0) is 11.2 Å². The molecule has 186 valence electrons. The van der Waals surface area contributed by atoms with Crippen molar-refractivity contribution in [1.82, 2.24) is 20.4 Å². The number of nitrogens with one attached hydrogen (secondary N) is 1. The summed E-state index contributed by atoms with van der Waals surface area (Å²) < 4.78 is 11.3. The van der Waals surface area contributed by atoms with Crippen molar-refractivity contribution >= 4 is 5.91 Å². The second-order valence-electron chi connectivity index (χ2n) is 9.70. The van der Waals surface area contributed by atoms with Crippen LogP contribution in [0, 0.1) is 11.3 Å². The first kappa shape index (κ1) is 24.0. The van der Waals surface area contributed by atoms with E-state index in [1.807, 2.05) is 36.9 Å². The maximum atomic E-state index is 12.5. The van der Waals surface area contributed by atoms with Crippen LogP contribution < -0.4 is 10.1 Å². The Balaban J connectivity index is 1.37. The van der Waals surface area contributed by atoms with Crippen LogP contribution >= 0.6 is 0 Å². The zero-order valence-corrected chi connectivity index (χ0v) is 20.8. The highest BCUT2D eigenvalue weighted by Crippen LogP contribution is 2.36. The van der Waals surface area contributed by atoms with E-state index in [1.165, 1.54) is 11.1 Å². The van der Waals surface area contributed by atoms with Gasteiger partial charge in [0.2, 0.25) is 11.7 Å². The van der Waals surface area contributed by atoms with E-state index in [1.54, 1.807) is 12.1 Å². The second kappa shape index (κ2) is 10.5. The molecular formula is C28H31N5O3. The lowest BCUT2D eigenvalue weighted by molar-refractivity contribution is -0.129. The fourth-order valence-electron chi connectivity index (χ4n) is 5.12. The van der Waals surface area contributed by atoms with Crippen LogP contribution in [-0.4, -0.2) is 46.7 Å². The molecule has 3 aromatic rings. The minimum absolute atomic E-state index is 0.0288. The molecule has 0 spiro atoms. The lowest BCUT2D eigenvalue weighted by Crippen LogP contribution is -2.38. The van der Waals surface area contributed by atoms with Crippen molar-refractivity contribution in [3.05, 3.63) is 53.1 Å². The van der Waals surface area contributed by atoms with Gasteiger partial charge in [-0.25, -0.2) is 0 Å². The van der Waals surface area contributed by atoms with Crippen molar-refractivity contribution in [1.29, 1.82) is 5.26 Å². The van der Waals surface area contributed by atoms with Crippen molar-refractivity contribution in [2.45, 2.75) is 58.1 Å². The van der Waals surface area contributed by atoms with Gasteiger partial charge in [0.15, 0.2) is 0 Å². The maximum Gasteiger partial charge on any atom is 0.258 e. The van der Waals surface area contributed by atoms with Gasteiger partial charge in [-0.1, -0.05) is 23.4 Å². The molecule has 0 saturated carbocycles. The molecule has 8 heteroatoms. The summed E-state index contributed by atoms with van der Waals surface area (Å²) >= 11 is 0. The summed E-state index contributed by atoms with van der Waals surface area (Å²) in [6.45, 7) is 5.94. The van der Waals surface area contributed by atoms with Crippen molar-refractivity contribution < 1.29 is 14.1 Å². The van der Waals surface area contributed by atoms with Gasteiger partial charge in [-0.05, 0) is 75.3 Å². The standard InChI is InChI=1S/C28H31N5O3/c1-18(2)35-25-12-11-19(15-20(25)16-29)28-31-27(32-36-28)23-9-5-8-22-21(23)7-6-10-24(22)30-17-26(34)33-13-3-4-14-33/h5,8-9,11-12,15,18,24,30H,3-4,6-7,10,13-14,17H2,1-2H3/t24-/m0/s1. The summed E-state index contributed by atoms with van der Waals surface area (Å²) in [6.07, 6.45) is 5.10. The molecule has 1 atom stereocenters. The first-order valence-corrected chi connectivity index (χ1v) is 12.7. The number of likely N-dealkylation sites (tertiary alicyclic amines) is 1. The maximum absolute atomic E-state index is 12.5. The molecule has 1 amide bonds. The first-order valence-electron chi connectivity index (χ1n) is 12.7. The fourth-order valence-corrected chi connectivity index (χ4v) is 5.12. The van der Waals surface area contributed by atoms with Crippen LogP contribution in [0.1, 0.15) is 62.3 Å². The molecule has 1 N–H and O–H groups in total. The van der Waals surface area contributed by atoms with E-state index in [0.717, 1.165) is 50.8 Å². The van der Waals surface area contributed by atoms with Crippen molar-refractivity contribution in [3.63, 3.8) is 0 Å². The Bertz CT molecular complexity index is 1290. The average Bonchev–Trinajstić information content (AvgIpc) is 3.60. The molecule has 2 heterocycles. The number of aromatic nitrogens is 2. The molecule has 1 fully saturated rings. The average molecular weight is 486 g/mol. The normalized spacial score (nSPS) is 17.2. The molecule has 1 aliphatic heterocycles. The van der Waals surface area contributed by atoms with Crippen LogP contribution in [0.3, 0.4) is 0 Å². The molecule has 0 radical (unpaired) electrons. The number of carbonyl (C=O) groups is 1. The number of carbonyl (C=O) groups excluding carboxylic acids is 1. The highest BCUT2D eigenvalue weighted by molar-refractivity contribution is 5.78. The van der Waals surface area contributed by atoms with Gasteiger partial charge in [0.25, 0.3) is 5.89 Å². The Morgan fingerprint density at radius 3 is 2.86 bits per heavy atom. The smallest absolute Gasteiger partial charge is 0.258 e. The zero-order chi connectivity index (χ0) is 25.1. The van der Waals surface area contributed by atoms with Crippen LogP contribution in [0.4, 0.5) is 0 Å². The number of ether oxygens (including phenoxy) is 1. The topological polar surface area (TPSA) is 104 Å². The quantitative estimate of drug-likeness (QED) is 0.519. The van der Waals surface area contributed by atoms with Gasteiger partial charge in [0.1, 0.15) is 11.8 Å². The van der Waals surface area contributed by atoms with E-state index in [9.17, 15) is 10.1 Å². The van der Waals surface area contributed by atoms with Crippen LogP contribution in [0.15, 0.2) is 40.9 Å². The van der Waals surface area contributed by atoms with Crippen LogP contribution in [0.25, 0.3) is 22.8 Å². The van der Waals surface area contributed by atoms with E-state index in [-0.39, 0.29) is 18.1 Å². The van der Waals surface area contributed by atoms with Gasteiger partial charge in [0.05, 0.1) is 18.2 Å². The Morgan fingerprint density at radius 1 is 1.25 bits per heavy atom. The molecular weight excluding hydrogens is 454 g/mol. The molecule has 1 aliphatic carbocycles. The Morgan fingerprint density at radius 2 is 2.08 bits per heavy atom.